The summed E-state index contributed by atoms with van der Waals surface area (Å²) in [7, 11) is 0. The number of carboxylic acid groups (broad SMARTS) is 1. The fourth-order valence-corrected chi connectivity index (χ4v) is 2.27. The molecule has 1 aliphatic rings. The summed E-state index contributed by atoms with van der Waals surface area (Å²) in [5.74, 6) is -0.729. The van der Waals surface area contributed by atoms with Crippen LogP contribution in [0.15, 0.2) is 0 Å². The molecule has 1 N–H and O–H groups in total. The predicted molar refractivity (Wildman–Crippen MR) is 62.6 cm³/mol. The standard InChI is InChI=1S/C12H23NO3/c1-4-12(3,11(14)15)13-8-6-7-10(9-13)16-5-2/h10H,4-9H2,1-3H3,(H,14,15). The van der Waals surface area contributed by atoms with E-state index in [1.165, 1.54) is 0 Å². The van der Waals surface area contributed by atoms with E-state index in [1.807, 2.05) is 20.8 Å². The predicted octanol–water partition coefficient (Wildman–Crippen LogP) is 1.74. The van der Waals surface area contributed by atoms with Crippen molar-refractivity contribution in [3.63, 3.8) is 0 Å². The van der Waals surface area contributed by atoms with Gasteiger partial charge in [-0.05, 0) is 39.7 Å². The van der Waals surface area contributed by atoms with Crippen LogP contribution in [-0.2, 0) is 9.53 Å². The van der Waals surface area contributed by atoms with Gasteiger partial charge in [0, 0.05) is 13.2 Å². The Morgan fingerprint density at radius 1 is 1.56 bits per heavy atom. The minimum atomic E-state index is -0.740. The number of carboxylic acids is 1. The van der Waals surface area contributed by atoms with Crippen LogP contribution in [0.5, 0.6) is 0 Å². The second kappa shape index (κ2) is 5.64. The van der Waals surface area contributed by atoms with Crippen LogP contribution in [0.2, 0.25) is 0 Å². The fraction of sp³-hybridized carbons (Fsp3) is 0.917. The van der Waals surface area contributed by atoms with Gasteiger partial charge in [0.1, 0.15) is 5.54 Å². The van der Waals surface area contributed by atoms with Gasteiger partial charge in [-0.15, -0.1) is 0 Å². The average molecular weight is 229 g/mol. The number of likely N-dealkylation sites (tertiary alicyclic amines) is 1. The molecule has 0 radical (unpaired) electrons. The van der Waals surface area contributed by atoms with Gasteiger partial charge in [-0.3, -0.25) is 9.69 Å². The summed E-state index contributed by atoms with van der Waals surface area (Å²) in [5, 5.41) is 9.32. The molecule has 2 atom stereocenters. The molecule has 4 nitrogen and oxygen atoms in total. The number of rotatable bonds is 5. The first-order valence-corrected chi connectivity index (χ1v) is 6.14. The van der Waals surface area contributed by atoms with Crippen LogP contribution < -0.4 is 0 Å². The first-order valence-electron chi connectivity index (χ1n) is 6.14. The number of nitrogens with zero attached hydrogens (tertiary/aromatic N) is 1. The van der Waals surface area contributed by atoms with Gasteiger partial charge in [0.2, 0.25) is 0 Å². The van der Waals surface area contributed by atoms with Crippen molar-refractivity contribution < 1.29 is 14.6 Å². The molecule has 1 fully saturated rings. The van der Waals surface area contributed by atoms with E-state index >= 15 is 0 Å². The zero-order chi connectivity index (χ0) is 12.2. The molecule has 0 aromatic rings. The maximum atomic E-state index is 11.3. The van der Waals surface area contributed by atoms with Crippen LogP contribution in [0, 0.1) is 0 Å². The molecule has 0 aliphatic carbocycles. The van der Waals surface area contributed by atoms with Crippen molar-refractivity contribution in [2.75, 3.05) is 19.7 Å². The van der Waals surface area contributed by atoms with Gasteiger partial charge in [-0.2, -0.15) is 0 Å². The van der Waals surface area contributed by atoms with E-state index in [2.05, 4.69) is 4.90 Å². The van der Waals surface area contributed by atoms with Crippen molar-refractivity contribution in [2.24, 2.45) is 0 Å². The molecule has 0 amide bonds. The second-order valence-corrected chi connectivity index (χ2v) is 4.60. The van der Waals surface area contributed by atoms with Crippen molar-refractivity contribution in [3.8, 4) is 0 Å². The molecule has 4 heteroatoms. The van der Waals surface area contributed by atoms with Gasteiger partial charge in [-0.1, -0.05) is 6.92 Å². The lowest BCUT2D eigenvalue weighted by molar-refractivity contribution is -0.153. The first kappa shape index (κ1) is 13.5. The maximum absolute atomic E-state index is 11.3. The van der Waals surface area contributed by atoms with E-state index in [0.29, 0.717) is 13.0 Å². The lowest BCUT2D eigenvalue weighted by atomic mass is 9.93. The van der Waals surface area contributed by atoms with Crippen molar-refractivity contribution >= 4 is 5.97 Å². The lowest BCUT2D eigenvalue weighted by Crippen LogP contribution is -2.56. The molecular weight excluding hydrogens is 206 g/mol. The summed E-state index contributed by atoms with van der Waals surface area (Å²) in [5.41, 5.74) is -0.740. The molecule has 1 rings (SSSR count). The van der Waals surface area contributed by atoms with Crippen LogP contribution in [-0.4, -0.2) is 47.3 Å². The Kier molecular flexibility index (Phi) is 4.74. The zero-order valence-electron chi connectivity index (χ0n) is 10.5. The minimum Gasteiger partial charge on any atom is -0.480 e. The van der Waals surface area contributed by atoms with Crippen LogP contribution in [0.1, 0.15) is 40.0 Å². The number of hydrogen-bond acceptors (Lipinski definition) is 3. The van der Waals surface area contributed by atoms with Crippen molar-refractivity contribution in [1.29, 1.82) is 0 Å². The van der Waals surface area contributed by atoms with Crippen molar-refractivity contribution in [3.05, 3.63) is 0 Å². The van der Waals surface area contributed by atoms with Gasteiger partial charge in [0.25, 0.3) is 0 Å². The molecule has 1 heterocycles. The highest BCUT2D eigenvalue weighted by Gasteiger charge is 2.40. The molecule has 2 unspecified atom stereocenters. The summed E-state index contributed by atoms with van der Waals surface area (Å²) in [6, 6.07) is 0. The van der Waals surface area contributed by atoms with Gasteiger partial charge >= 0.3 is 5.97 Å². The Balaban J connectivity index is 2.67. The number of aliphatic carboxylic acids is 1. The summed E-state index contributed by atoms with van der Waals surface area (Å²) in [6.45, 7) is 8.02. The normalized spacial score (nSPS) is 26.3. The summed E-state index contributed by atoms with van der Waals surface area (Å²) in [4.78, 5) is 13.4. The maximum Gasteiger partial charge on any atom is 0.323 e. The van der Waals surface area contributed by atoms with Gasteiger partial charge in [-0.25, -0.2) is 0 Å². The third-order valence-electron chi connectivity index (χ3n) is 3.63. The number of ether oxygens (including phenoxy) is 1. The highest BCUT2D eigenvalue weighted by molar-refractivity contribution is 5.78. The molecule has 1 saturated heterocycles. The van der Waals surface area contributed by atoms with E-state index in [1.54, 1.807) is 0 Å². The zero-order valence-corrected chi connectivity index (χ0v) is 10.5. The molecule has 16 heavy (non-hydrogen) atoms. The van der Waals surface area contributed by atoms with Crippen LogP contribution in [0.25, 0.3) is 0 Å². The number of hydrogen-bond donors (Lipinski definition) is 1. The SMILES string of the molecule is CCOC1CCCN(C(C)(CC)C(=O)O)C1. The van der Waals surface area contributed by atoms with Gasteiger partial charge < -0.3 is 9.84 Å². The average Bonchev–Trinajstić information content (AvgIpc) is 2.28. The topological polar surface area (TPSA) is 49.8 Å². The first-order chi connectivity index (χ1) is 7.54. The molecule has 94 valence electrons. The number of piperidine rings is 1. The molecule has 0 bridgehead atoms. The lowest BCUT2D eigenvalue weighted by Gasteiger charge is -2.42. The molecular formula is C12H23NO3. The molecule has 1 aliphatic heterocycles. The Hall–Kier alpha value is -0.610. The molecule has 0 saturated carbocycles. The number of carbonyl (C=O) groups is 1. The molecule has 0 aromatic heterocycles. The van der Waals surface area contributed by atoms with Crippen molar-refractivity contribution in [1.82, 2.24) is 4.90 Å². The molecule has 0 spiro atoms. The summed E-state index contributed by atoms with van der Waals surface area (Å²) < 4.78 is 5.60. The van der Waals surface area contributed by atoms with Crippen molar-refractivity contribution in [2.45, 2.75) is 51.7 Å². The quantitative estimate of drug-likeness (QED) is 0.780. The van der Waals surface area contributed by atoms with E-state index < -0.39 is 11.5 Å². The van der Waals surface area contributed by atoms with Gasteiger partial charge in [0.05, 0.1) is 6.10 Å². The van der Waals surface area contributed by atoms with Gasteiger partial charge in [0.15, 0.2) is 0 Å². The Morgan fingerprint density at radius 2 is 2.25 bits per heavy atom. The van der Waals surface area contributed by atoms with E-state index in [0.717, 1.165) is 25.9 Å². The monoisotopic (exact) mass is 229 g/mol. The highest BCUT2D eigenvalue weighted by Crippen LogP contribution is 2.25. The summed E-state index contributed by atoms with van der Waals surface area (Å²) in [6.07, 6.45) is 2.89. The third kappa shape index (κ3) is 2.74. The second-order valence-electron chi connectivity index (χ2n) is 4.60. The summed E-state index contributed by atoms with van der Waals surface area (Å²) >= 11 is 0. The van der Waals surface area contributed by atoms with Crippen LogP contribution in [0.3, 0.4) is 0 Å². The highest BCUT2D eigenvalue weighted by atomic mass is 16.5. The van der Waals surface area contributed by atoms with E-state index in [-0.39, 0.29) is 6.10 Å². The molecule has 0 aromatic carbocycles. The van der Waals surface area contributed by atoms with Crippen LogP contribution in [0.4, 0.5) is 0 Å². The largest absolute Gasteiger partial charge is 0.480 e. The minimum absolute atomic E-state index is 0.198. The Bertz CT molecular complexity index is 242. The smallest absolute Gasteiger partial charge is 0.323 e. The Labute approximate surface area is 97.6 Å². The Morgan fingerprint density at radius 3 is 2.75 bits per heavy atom. The third-order valence-corrected chi connectivity index (χ3v) is 3.63. The van der Waals surface area contributed by atoms with Crippen LogP contribution >= 0.6 is 0 Å². The van der Waals surface area contributed by atoms with E-state index in [4.69, 9.17) is 4.74 Å². The van der Waals surface area contributed by atoms with E-state index in [9.17, 15) is 9.90 Å². The fourth-order valence-electron chi connectivity index (χ4n) is 2.27.